The summed E-state index contributed by atoms with van der Waals surface area (Å²) >= 11 is 0.957. The summed E-state index contributed by atoms with van der Waals surface area (Å²) in [5, 5.41) is 0.0143. The van der Waals surface area contributed by atoms with Crippen molar-refractivity contribution in [3.05, 3.63) is 47.3 Å². The molecule has 0 radical (unpaired) electrons. The van der Waals surface area contributed by atoms with E-state index >= 15 is 0 Å². The van der Waals surface area contributed by atoms with Crippen LogP contribution in [0, 0.1) is 0 Å². The van der Waals surface area contributed by atoms with Gasteiger partial charge in [0, 0.05) is 23.5 Å². The number of alkyl halides is 3. The van der Waals surface area contributed by atoms with E-state index in [1.54, 1.807) is 4.90 Å². The average Bonchev–Trinajstić information content (AvgIpc) is 2.66. The van der Waals surface area contributed by atoms with Crippen molar-refractivity contribution >= 4 is 23.4 Å². The molecule has 1 aliphatic rings. The number of aromatic nitrogens is 2. The van der Waals surface area contributed by atoms with E-state index in [4.69, 9.17) is 0 Å². The van der Waals surface area contributed by atoms with E-state index in [9.17, 15) is 18.0 Å². The van der Waals surface area contributed by atoms with Gasteiger partial charge in [-0.25, -0.2) is 9.97 Å². The molecule has 0 spiro atoms. The van der Waals surface area contributed by atoms with Gasteiger partial charge in [-0.15, -0.1) is 0 Å². The molecule has 2 aromatic rings. The summed E-state index contributed by atoms with van der Waals surface area (Å²) in [6, 6.07) is 9.17. The van der Waals surface area contributed by atoms with Gasteiger partial charge in [0.2, 0.25) is 5.91 Å². The van der Waals surface area contributed by atoms with Gasteiger partial charge >= 0.3 is 6.18 Å². The van der Waals surface area contributed by atoms with Crippen LogP contribution in [0.5, 0.6) is 0 Å². The molecule has 0 fully saturated rings. The smallest absolute Gasteiger partial charge is 0.312 e. The third kappa shape index (κ3) is 4.61. The Bertz CT molecular complexity index is 812. The summed E-state index contributed by atoms with van der Waals surface area (Å²) in [5.41, 5.74) is 0.586. The predicted molar refractivity (Wildman–Crippen MR) is 98.9 cm³/mol. The summed E-state index contributed by atoms with van der Waals surface area (Å²) < 4.78 is 40.2. The molecule has 8 heteroatoms. The van der Waals surface area contributed by atoms with Crippen LogP contribution in [0.4, 0.5) is 18.9 Å². The van der Waals surface area contributed by atoms with Crippen molar-refractivity contribution in [3.8, 4) is 0 Å². The van der Waals surface area contributed by atoms with Crippen molar-refractivity contribution in [2.75, 3.05) is 17.2 Å². The van der Waals surface area contributed by atoms with Crippen LogP contribution in [0.1, 0.15) is 36.7 Å². The summed E-state index contributed by atoms with van der Waals surface area (Å²) in [4.78, 5) is 22.2. The lowest BCUT2D eigenvalue weighted by molar-refractivity contribution is -0.142. The monoisotopic (exact) mass is 395 g/mol. The molecule has 0 N–H and O–H groups in total. The molecule has 0 atom stereocenters. The van der Waals surface area contributed by atoms with Crippen LogP contribution in [-0.2, 0) is 23.8 Å². The van der Waals surface area contributed by atoms with Crippen LogP contribution < -0.4 is 4.90 Å². The first-order chi connectivity index (χ1) is 12.9. The Hall–Kier alpha value is -2.09. The van der Waals surface area contributed by atoms with Gasteiger partial charge in [-0.05, 0) is 44.7 Å². The van der Waals surface area contributed by atoms with Gasteiger partial charge in [0.15, 0.2) is 10.9 Å². The second-order valence-electron chi connectivity index (χ2n) is 6.25. The van der Waals surface area contributed by atoms with Crippen LogP contribution in [-0.4, -0.2) is 28.2 Å². The van der Waals surface area contributed by atoms with E-state index < -0.39 is 11.9 Å². The van der Waals surface area contributed by atoms with Crippen LogP contribution in [0.15, 0.2) is 35.5 Å². The molecular weight excluding hydrogens is 375 g/mol. The highest BCUT2D eigenvalue weighted by Gasteiger charge is 2.38. The summed E-state index contributed by atoms with van der Waals surface area (Å²) in [7, 11) is 0. The molecule has 0 unspecified atom stereocenters. The third-order valence-corrected chi connectivity index (χ3v) is 5.27. The lowest BCUT2D eigenvalue weighted by atomic mass is 9.94. The second kappa shape index (κ2) is 8.29. The van der Waals surface area contributed by atoms with E-state index in [1.807, 2.05) is 37.3 Å². The summed E-state index contributed by atoms with van der Waals surface area (Å²) in [6.07, 6.45) is -2.10. The Balaban J connectivity index is 1.78. The SMILES string of the molecule is CCN(C(=O)CSc1nc2c(c(C(F)(F)F)n1)CCCC2)c1ccccc1. The molecule has 0 saturated carbocycles. The lowest BCUT2D eigenvalue weighted by Gasteiger charge is -2.22. The first-order valence-electron chi connectivity index (χ1n) is 8.85. The minimum atomic E-state index is -4.51. The quantitative estimate of drug-likeness (QED) is 0.552. The van der Waals surface area contributed by atoms with E-state index in [0.717, 1.165) is 23.9 Å². The van der Waals surface area contributed by atoms with Crippen LogP contribution in [0.3, 0.4) is 0 Å². The lowest BCUT2D eigenvalue weighted by Crippen LogP contribution is -2.32. The number of carbonyl (C=O) groups is 1. The fourth-order valence-electron chi connectivity index (χ4n) is 3.19. The maximum Gasteiger partial charge on any atom is 0.433 e. The second-order valence-corrected chi connectivity index (χ2v) is 7.19. The van der Waals surface area contributed by atoms with Crippen molar-refractivity contribution < 1.29 is 18.0 Å². The molecule has 144 valence electrons. The van der Waals surface area contributed by atoms with E-state index in [2.05, 4.69) is 9.97 Å². The number of rotatable bonds is 5. The highest BCUT2D eigenvalue weighted by atomic mass is 32.2. The van der Waals surface area contributed by atoms with Gasteiger partial charge in [-0.1, -0.05) is 30.0 Å². The van der Waals surface area contributed by atoms with E-state index in [1.165, 1.54) is 0 Å². The predicted octanol–water partition coefficient (Wildman–Crippen LogP) is 4.52. The number of halogens is 3. The molecule has 0 aliphatic heterocycles. The molecule has 1 amide bonds. The largest absolute Gasteiger partial charge is 0.433 e. The van der Waals surface area contributed by atoms with Crippen molar-refractivity contribution in [3.63, 3.8) is 0 Å². The maximum absolute atomic E-state index is 13.4. The number of hydrogen-bond donors (Lipinski definition) is 0. The molecule has 1 heterocycles. The molecule has 1 aromatic heterocycles. The number of thioether (sulfide) groups is 1. The Morgan fingerprint density at radius 1 is 1.15 bits per heavy atom. The Labute approximate surface area is 160 Å². The van der Waals surface area contributed by atoms with Crippen molar-refractivity contribution in [1.82, 2.24) is 9.97 Å². The zero-order valence-corrected chi connectivity index (χ0v) is 15.7. The molecule has 3 rings (SSSR count). The number of amides is 1. The number of benzene rings is 1. The minimum Gasteiger partial charge on any atom is -0.312 e. The molecule has 27 heavy (non-hydrogen) atoms. The first-order valence-corrected chi connectivity index (χ1v) is 9.84. The van der Waals surface area contributed by atoms with Gasteiger partial charge in [0.25, 0.3) is 0 Å². The Morgan fingerprint density at radius 3 is 2.52 bits per heavy atom. The van der Waals surface area contributed by atoms with E-state index in [0.29, 0.717) is 31.5 Å². The fourth-order valence-corrected chi connectivity index (χ4v) is 3.92. The van der Waals surface area contributed by atoms with Crippen LogP contribution in [0.25, 0.3) is 0 Å². The van der Waals surface area contributed by atoms with Crippen molar-refractivity contribution in [2.45, 2.75) is 43.9 Å². The number of aryl methyl sites for hydroxylation is 1. The van der Waals surface area contributed by atoms with Crippen LogP contribution >= 0.6 is 11.8 Å². The Morgan fingerprint density at radius 2 is 1.85 bits per heavy atom. The molecule has 1 aliphatic carbocycles. The number of fused-ring (bicyclic) bond motifs is 1. The number of para-hydroxylation sites is 1. The Kier molecular flexibility index (Phi) is 6.04. The van der Waals surface area contributed by atoms with Crippen LogP contribution in [0.2, 0.25) is 0 Å². The molecular formula is C19H20F3N3OS. The first kappa shape index (κ1) is 19.7. The van der Waals surface area contributed by atoms with Gasteiger partial charge < -0.3 is 4.90 Å². The number of carbonyl (C=O) groups excluding carboxylic acids is 1. The number of nitrogens with zero attached hydrogens (tertiary/aromatic N) is 3. The number of hydrogen-bond acceptors (Lipinski definition) is 4. The summed E-state index contributed by atoms with van der Waals surface area (Å²) in [6.45, 7) is 2.33. The normalized spacial score (nSPS) is 13.9. The maximum atomic E-state index is 13.4. The topological polar surface area (TPSA) is 46.1 Å². The molecule has 0 saturated heterocycles. The minimum absolute atomic E-state index is 0.0143. The van der Waals surface area contributed by atoms with Gasteiger partial charge in [-0.3, -0.25) is 4.79 Å². The highest BCUT2D eigenvalue weighted by Crippen LogP contribution is 2.35. The third-order valence-electron chi connectivity index (χ3n) is 4.44. The average molecular weight is 395 g/mol. The standard InChI is InChI=1S/C19H20F3N3OS/c1-2-25(13-8-4-3-5-9-13)16(26)12-27-18-23-15-11-7-6-10-14(15)17(24-18)19(20,21)22/h3-5,8-9H,2,6-7,10-12H2,1H3. The molecule has 1 aromatic carbocycles. The zero-order chi connectivity index (χ0) is 19.4. The molecule has 4 nitrogen and oxygen atoms in total. The van der Waals surface area contributed by atoms with Gasteiger partial charge in [0.05, 0.1) is 5.75 Å². The van der Waals surface area contributed by atoms with E-state index in [-0.39, 0.29) is 22.4 Å². The zero-order valence-electron chi connectivity index (χ0n) is 14.9. The van der Waals surface area contributed by atoms with Gasteiger partial charge in [-0.2, -0.15) is 13.2 Å². The summed E-state index contributed by atoms with van der Waals surface area (Å²) in [5.74, 6) is -0.206. The van der Waals surface area contributed by atoms with Crippen molar-refractivity contribution in [2.24, 2.45) is 0 Å². The van der Waals surface area contributed by atoms with Gasteiger partial charge in [0.1, 0.15) is 0 Å². The van der Waals surface area contributed by atoms with Crippen molar-refractivity contribution in [1.29, 1.82) is 0 Å². The molecule has 0 bridgehead atoms. The number of anilines is 1. The fraction of sp³-hybridized carbons (Fsp3) is 0.421. The highest BCUT2D eigenvalue weighted by molar-refractivity contribution is 7.99.